The lowest BCUT2D eigenvalue weighted by Gasteiger charge is -2.16. The van der Waals surface area contributed by atoms with Crippen molar-refractivity contribution in [2.24, 2.45) is 0 Å². The minimum absolute atomic E-state index is 0.0834. The number of carbonyl (C=O) groups is 1. The topological polar surface area (TPSA) is 104 Å². The fraction of sp³-hybridized carbons (Fsp3) is 0.467. The maximum Gasteiger partial charge on any atom is 0.221 e. The van der Waals surface area contributed by atoms with Crippen molar-refractivity contribution in [3.63, 3.8) is 0 Å². The summed E-state index contributed by atoms with van der Waals surface area (Å²) in [4.78, 5) is 19.9. The van der Waals surface area contributed by atoms with E-state index in [2.05, 4.69) is 20.0 Å². The molecule has 0 unspecified atom stereocenters. The Hall–Kier alpha value is -1.58. The molecule has 0 radical (unpaired) electrons. The monoisotopic (exact) mass is 370 g/mol. The molecule has 7 nitrogen and oxygen atoms in total. The van der Waals surface area contributed by atoms with Crippen molar-refractivity contribution in [1.82, 2.24) is 20.0 Å². The predicted octanol–water partition coefficient (Wildman–Crippen LogP) is 1.41. The highest BCUT2D eigenvalue weighted by Crippen LogP contribution is 2.20. The maximum atomic E-state index is 12.1. The van der Waals surface area contributed by atoms with E-state index in [-0.39, 0.29) is 24.9 Å². The largest absolute Gasteiger partial charge is 0.346 e. The number of H-pyrrole nitrogens is 1. The van der Waals surface area contributed by atoms with E-state index in [1.807, 2.05) is 30.5 Å². The first-order valence-corrected chi connectivity index (χ1v) is 10.8. The molecule has 0 saturated carbocycles. The van der Waals surface area contributed by atoms with Crippen molar-refractivity contribution in [2.75, 3.05) is 24.8 Å². The van der Waals surface area contributed by atoms with Crippen molar-refractivity contribution in [3.05, 3.63) is 30.1 Å². The van der Waals surface area contributed by atoms with Crippen LogP contribution in [0.15, 0.2) is 24.3 Å². The first-order valence-electron chi connectivity index (χ1n) is 7.56. The Morgan fingerprint density at radius 1 is 1.38 bits per heavy atom. The summed E-state index contributed by atoms with van der Waals surface area (Å²) in [6.07, 6.45) is 3.91. The number of fused-ring (bicyclic) bond motifs is 1. The van der Waals surface area contributed by atoms with Gasteiger partial charge in [0.2, 0.25) is 15.9 Å². The summed E-state index contributed by atoms with van der Waals surface area (Å²) >= 11 is 1.70. The SMILES string of the molecule is CSCC[C@@H](NC(=O)CCNS(C)(=O)=O)c1nc2ccccc2[nH]1. The lowest BCUT2D eigenvalue weighted by Crippen LogP contribution is -2.33. The zero-order valence-electron chi connectivity index (χ0n) is 13.7. The fourth-order valence-corrected chi connectivity index (χ4v) is 3.21. The Bertz CT molecular complexity index is 756. The number of para-hydroxylation sites is 2. The second-order valence-corrected chi connectivity index (χ2v) is 8.28. The van der Waals surface area contributed by atoms with Gasteiger partial charge in [-0.2, -0.15) is 11.8 Å². The third-order valence-electron chi connectivity index (χ3n) is 3.40. The zero-order valence-corrected chi connectivity index (χ0v) is 15.3. The van der Waals surface area contributed by atoms with Crippen LogP contribution in [0.25, 0.3) is 11.0 Å². The third-order valence-corrected chi connectivity index (χ3v) is 4.77. The summed E-state index contributed by atoms with van der Waals surface area (Å²) in [7, 11) is -3.28. The van der Waals surface area contributed by atoms with Gasteiger partial charge >= 0.3 is 0 Å². The lowest BCUT2D eigenvalue weighted by molar-refractivity contribution is -0.121. The van der Waals surface area contributed by atoms with Crippen LogP contribution < -0.4 is 10.0 Å². The molecule has 0 aliphatic heterocycles. The van der Waals surface area contributed by atoms with Crippen molar-refractivity contribution < 1.29 is 13.2 Å². The van der Waals surface area contributed by atoms with E-state index < -0.39 is 10.0 Å². The number of rotatable bonds is 9. The average Bonchev–Trinajstić information content (AvgIpc) is 2.94. The van der Waals surface area contributed by atoms with Crippen LogP contribution in [-0.4, -0.2) is 49.1 Å². The van der Waals surface area contributed by atoms with E-state index in [9.17, 15) is 13.2 Å². The summed E-state index contributed by atoms with van der Waals surface area (Å²) < 4.78 is 24.4. The van der Waals surface area contributed by atoms with Gasteiger partial charge in [-0.1, -0.05) is 12.1 Å². The first-order chi connectivity index (χ1) is 11.4. The van der Waals surface area contributed by atoms with Gasteiger partial charge in [-0.15, -0.1) is 0 Å². The number of nitrogens with one attached hydrogen (secondary N) is 3. The van der Waals surface area contributed by atoms with Gasteiger partial charge in [-0.25, -0.2) is 18.1 Å². The molecular formula is C15H22N4O3S2. The molecule has 0 bridgehead atoms. The molecule has 24 heavy (non-hydrogen) atoms. The molecule has 0 aliphatic carbocycles. The van der Waals surface area contributed by atoms with Gasteiger partial charge in [0.25, 0.3) is 0 Å². The molecular weight excluding hydrogens is 348 g/mol. The Morgan fingerprint density at radius 3 is 2.79 bits per heavy atom. The number of imidazole rings is 1. The number of amides is 1. The van der Waals surface area contributed by atoms with Crippen LogP contribution in [0.1, 0.15) is 24.7 Å². The fourth-order valence-electron chi connectivity index (χ4n) is 2.27. The molecule has 2 aromatic rings. The van der Waals surface area contributed by atoms with E-state index in [1.54, 1.807) is 11.8 Å². The molecule has 1 heterocycles. The van der Waals surface area contributed by atoms with Crippen molar-refractivity contribution in [3.8, 4) is 0 Å². The Balaban J connectivity index is 2.03. The smallest absolute Gasteiger partial charge is 0.221 e. The summed E-state index contributed by atoms with van der Waals surface area (Å²) in [6.45, 7) is 0.0834. The summed E-state index contributed by atoms with van der Waals surface area (Å²) in [5.41, 5.74) is 1.78. The standard InChI is InChI=1S/C15H22N4O3S2/c1-23-10-8-13(17-14(20)7-9-16-24(2,21)22)15-18-11-5-3-4-6-12(11)19-15/h3-6,13,16H,7-10H2,1-2H3,(H,17,20)(H,18,19)/t13-/m1/s1. The predicted molar refractivity (Wildman–Crippen MR) is 97.4 cm³/mol. The third kappa shape index (κ3) is 5.81. The number of thioether (sulfide) groups is 1. The van der Waals surface area contributed by atoms with Crippen molar-refractivity contribution in [1.29, 1.82) is 0 Å². The molecule has 1 amide bonds. The Labute approximate surface area is 146 Å². The summed E-state index contributed by atoms with van der Waals surface area (Å²) in [6, 6.07) is 7.47. The minimum atomic E-state index is -3.28. The highest BCUT2D eigenvalue weighted by molar-refractivity contribution is 7.98. The van der Waals surface area contributed by atoms with Gasteiger partial charge in [0, 0.05) is 13.0 Å². The van der Waals surface area contributed by atoms with Crippen LogP contribution in [0.2, 0.25) is 0 Å². The van der Waals surface area contributed by atoms with Gasteiger partial charge < -0.3 is 10.3 Å². The lowest BCUT2D eigenvalue weighted by atomic mass is 10.2. The summed E-state index contributed by atoms with van der Waals surface area (Å²) in [5, 5.41) is 2.93. The Morgan fingerprint density at radius 2 is 2.12 bits per heavy atom. The highest BCUT2D eigenvalue weighted by Gasteiger charge is 2.18. The van der Waals surface area contributed by atoms with Crippen LogP contribution in [0.5, 0.6) is 0 Å². The second-order valence-electron chi connectivity index (χ2n) is 5.46. The molecule has 0 fully saturated rings. The molecule has 1 aromatic carbocycles. The molecule has 0 saturated heterocycles. The zero-order chi connectivity index (χ0) is 17.6. The van der Waals surface area contributed by atoms with Gasteiger partial charge in [-0.05, 0) is 30.6 Å². The minimum Gasteiger partial charge on any atom is -0.346 e. The normalized spacial score (nSPS) is 13.1. The molecule has 132 valence electrons. The molecule has 0 aliphatic rings. The van der Waals surface area contributed by atoms with E-state index in [0.29, 0.717) is 0 Å². The first kappa shape index (κ1) is 18.8. The van der Waals surface area contributed by atoms with Crippen LogP contribution >= 0.6 is 11.8 Å². The number of benzene rings is 1. The number of sulfonamides is 1. The van der Waals surface area contributed by atoms with Gasteiger partial charge in [0.1, 0.15) is 5.82 Å². The van der Waals surface area contributed by atoms with Crippen molar-refractivity contribution in [2.45, 2.75) is 18.9 Å². The van der Waals surface area contributed by atoms with Gasteiger partial charge in [0.05, 0.1) is 23.3 Å². The number of aromatic nitrogens is 2. The quantitative estimate of drug-likeness (QED) is 0.619. The molecule has 1 aromatic heterocycles. The Kier molecular flexibility index (Phi) is 6.64. The number of aromatic amines is 1. The second kappa shape index (κ2) is 8.50. The van der Waals surface area contributed by atoms with Gasteiger partial charge in [0.15, 0.2) is 0 Å². The number of nitrogens with zero attached hydrogens (tertiary/aromatic N) is 1. The summed E-state index contributed by atoms with van der Waals surface area (Å²) in [5.74, 6) is 1.39. The molecule has 9 heteroatoms. The van der Waals surface area contributed by atoms with E-state index >= 15 is 0 Å². The molecule has 2 rings (SSSR count). The highest BCUT2D eigenvalue weighted by atomic mass is 32.2. The van der Waals surface area contributed by atoms with E-state index in [0.717, 1.165) is 35.3 Å². The van der Waals surface area contributed by atoms with Crippen LogP contribution in [0, 0.1) is 0 Å². The van der Waals surface area contributed by atoms with Crippen molar-refractivity contribution >= 4 is 38.7 Å². The van der Waals surface area contributed by atoms with E-state index in [4.69, 9.17) is 0 Å². The molecule has 0 spiro atoms. The van der Waals surface area contributed by atoms with Crippen LogP contribution in [0.3, 0.4) is 0 Å². The maximum absolute atomic E-state index is 12.1. The molecule has 1 atom stereocenters. The number of hydrogen-bond donors (Lipinski definition) is 3. The van der Waals surface area contributed by atoms with Crippen LogP contribution in [0.4, 0.5) is 0 Å². The number of carbonyl (C=O) groups excluding carboxylic acids is 1. The van der Waals surface area contributed by atoms with Gasteiger partial charge in [-0.3, -0.25) is 4.79 Å². The average molecular weight is 371 g/mol. The molecule has 3 N–H and O–H groups in total. The van der Waals surface area contributed by atoms with Crippen LogP contribution in [-0.2, 0) is 14.8 Å². The van der Waals surface area contributed by atoms with E-state index in [1.165, 1.54) is 0 Å². The number of hydrogen-bond acceptors (Lipinski definition) is 5.